The van der Waals surface area contributed by atoms with Crippen molar-refractivity contribution in [2.45, 2.75) is 19.6 Å². The fourth-order valence-electron chi connectivity index (χ4n) is 1.69. The van der Waals surface area contributed by atoms with Gasteiger partial charge in [-0.15, -0.1) is 11.3 Å². The van der Waals surface area contributed by atoms with E-state index in [9.17, 15) is 4.79 Å². The highest BCUT2D eigenvalue weighted by Crippen LogP contribution is 2.16. The first-order valence-electron chi connectivity index (χ1n) is 5.13. The third kappa shape index (κ3) is 2.78. The van der Waals surface area contributed by atoms with Crippen LogP contribution in [0.25, 0.3) is 0 Å². The molecule has 1 atom stereocenters. The van der Waals surface area contributed by atoms with E-state index in [0.29, 0.717) is 13.2 Å². The van der Waals surface area contributed by atoms with Crippen LogP contribution >= 0.6 is 11.3 Å². The van der Waals surface area contributed by atoms with Crippen molar-refractivity contribution in [2.24, 2.45) is 0 Å². The van der Waals surface area contributed by atoms with Crippen LogP contribution in [-0.4, -0.2) is 46.8 Å². The molecule has 1 aromatic rings. The van der Waals surface area contributed by atoms with Gasteiger partial charge in [-0.2, -0.15) is 0 Å². The van der Waals surface area contributed by atoms with Gasteiger partial charge in [0, 0.05) is 30.7 Å². The molecule has 0 spiro atoms. The van der Waals surface area contributed by atoms with Crippen LogP contribution in [0.1, 0.15) is 9.88 Å². The molecule has 1 saturated heterocycles. The number of hydrogen-bond acceptors (Lipinski definition) is 5. The molecule has 0 aromatic carbocycles. The van der Waals surface area contributed by atoms with E-state index in [2.05, 4.69) is 9.88 Å². The average molecular weight is 242 g/mol. The molecule has 1 aliphatic heterocycles. The zero-order valence-electron chi connectivity index (χ0n) is 9.05. The van der Waals surface area contributed by atoms with E-state index < -0.39 is 12.1 Å². The minimum absolute atomic E-state index is 0.451. The zero-order chi connectivity index (χ0) is 11.5. The molecule has 0 aliphatic carbocycles. The summed E-state index contributed by atoms with van der Waals surface area (Å²) < 4.78 is 5.16. The number of ether oxygens (including phenoxy) is 1. The van der Waals surface area contributed by atoms with Gasteiger partial charge < -0.3 is 9.84 Å². The first-order valence-corrected chi connectivity index (χ1v) is 5.95. The zero-order valence-corrected chi connectivity index (χ0v) is 9.87. The molecule has 1 fully saturated rings. The van der Waals surface area contributed by atoms with E-state index >= 15 is 0 Å². The maximum Gasteiger partial charge on any atom is 0.334 e. The molecule has 2 heterocycles. The number of thiazole rings is 1. The SMILES string of the molecule is Cc1ncc(CN2CCOC(C(=O)O)C2)s1. The largest absolute Gasteiger partial charge is 0.479 e. The van der Waals surface area contributed by atoms with Gasteiger partial charge in [0.1, 0.15) is 0 Å². The van der Waals surface area contributed by atoms with Gasteiger partial charge in [0.15, 0.2) is 6.10 Å². The lowest BCUT2D eigenvalue weighted by molar-refractivity contribution is -0.156. The second kappa shape index (κ2) is 4.90. The molecule has 88 valence electrons. The second-order valence-electron chi connectivity index (χ2n) is 3.78. The Labute approximate surface area is 97.7 Å². The van der Waals surface area contributed by atoms with Crippen LogP contribution in [0.4, 0.5) is 0 Å². The number of aryl methyl sites for hydroxylation is 1. The average Bonchev–Trinajstić information content (AvgIpc) is 2.64. The Kier molecular flexibility index (Phi) is 3.52. The number of morpholine rings is 1. The van der Waals surface area contributed by atoms with Gasteiger partial charge in [-0.25, -0.2) is 9.78 Å². The number of aromatic nitrogens is 1. The van der Waals surface area contributed by atoms with Crippen LogP contribution in [-0.2, 0) is 16.1 Å². The summed E-state index contributed by atoms with van der Waals surface area (Å²) in [7, 11) is 0. The van der Waals surface area contributed by atoms with Gasteiger partial charge >= 0.3 is 5.97 Å². The molecule has 6 heteroatoms. The normalized spacial score (nSPS) is 22.2. The Bertz CT molecular complexity index is 380. The first kappa shape index (κ1) is 11.5. The Morgan fingerprint density at radius 1 is 1.81 bits per heavy atom. The van der Waals surface area contributed by atoms with Crippen LogP contribution in [0, 0.1) is 6.92 Å². The number of hydrogen-bond donors (Lipinski definition) is 1. The topological polar surface area (TPSA) is 62.7 Å². The predicted molar refractivity (Wildman–Crippen MR) is 59.5 cm³/mol. The predicted octanol–water partition coefficient (Wildman–Crippen LogP) is 0.737. The van der Waals surface area contributed by atoms with Crippen molar-refractivity contribution in [3.8, 4) is 0 Å². The van der Waals surface area contributed by atoms with E-state index in [0.717, 1.165) is 18.1 Å². The minimum atomic E-state index is -0.884. The summed E-state index contributed by atoms with van der Waals surface area (Å²) >= 11 is 1.65. The summed E-state index contributed by atoms with van der Waals surface area (Å²) in [4.78, 5) is 18.2. The summed E-state index contributed by atoms with van der Waals surface area (Å²) in [6, 6.07) is 0. The standard InChI is InChI=1S/C10H14N2O3S/c1-7-11-4-8(16-7)5-12-2-3-15-9(6-12)10(13)14/h4,9H,2-3,5-6H2,1H3,(H,13,14). The second-order valence-corrected chi connectivity index (χ2v) is 5.10. The molecule has 0 radical (unpaired) electrons. The van der Waals surface area contributed by atoms with Gasteiger partial charge in [0.25, 0.3) is 0 Å². The number of aliphatic carboxylic acids is 1. The molecule has 1 aliphatic rings. The highest BCUT2D eigenvalue weighted by Gasteiger charge is 2.26. The fraction of sp³-hybridized carbons (Fsp3) is 0.600. The molecule has 1 unspecified atom stereocenters. The lowest BCUT2D eigenvalue weighted by atomic mass is 10.2. The van der Waals surface area contributed by atoms with Crippen LogP contribution in [0.5, 0.6) is 0 Å². The summed E-state index contributed by atoms with van der Waals surface area (Å²) in [5, 5.41) is 9.90. The number of carboxylic acids is 1. The molecule has 5 nitrogen and oxygen atoms in total. The number of carboxylic acid groups (broad SMARTS) is 1. The van der Waals surface area contributed by atoms with Gasteiger partial charge in [-0.3, -0.25) is 4.90 Å². The van der Waals surface area contributed by atoms with Crippen molar-refractivity contribution in [1.29, 1.82) is 0 Å². The summed E-state index contributed by atoms with van der Waals surface area (Å²) in [5.74, 6) is -0.884. The number of rotatable bonds is 3. The molecule has 0 saturated carbocycles. The monoisotopic (exact) mass is 242 g/mol. The van der Waals surface area contributed by atoms with E-state index in [1.165, 1.54) is 4.88 Å². The van der Waals surface area contributed by atoms with Crippen molar-refractivity contribution in [3.05, 3.63) is 16.1 Å². The molecule has 1 N–H and O–H groups in total. The Balaban J connectivity index is 1.92. The Hall–Kier alpha value is -0.980. The third-order valence-corrected chi connectivity index (χ3v) is 3.37. The van der Waals surface area contributed by atoms with E-state index in [4.69, 9.17) is 9.84 Å². The number of nitrogens with zero attached hydrogens (tertiary/aromatic N) is 2. The van der Waals surface area contributed by atoms with Crippen molar-refractivity contribution < 1.29 is 14.6 Å². The molecular formula is C10H14N2O3S. The highest BCUT2D eigenvalue weighted by atomic mass is 32.1. The molecule has 16 heavy (non-hydrogen) atoms. The fourth-order valence-corrected chi connectivity index (χ4v) is 2.53. The maximum absolute atomic E-state index is 10.8. The minimum Gasteiger partial charge on any atom is -0.479 e. The third-order valence-electron chi connectivity index (χ3n) is 2.47. The lowest BCUT2D eigenvalue weighted by Gasteiger charge is -2.30. The molecule has 1 aromatic heterocycles. The van der Waals surface area contributed by atoms with Crippen molar-refractivity contribution >= 4 is 17.3 Å². The quantitative estimate of drug-likeness (QED) is 0.847. The molecule has 0 amide bonds. The Morgan fingerprint density at radius 2 is 2.62 bits per heavy atom. The van der Waals surface area contributed by atoms with Crippen molar-refractivity contribution in [1.82, 2.24) is 9.88 Å². The first-order chi connectivity index (χ1) is 7.65. The van der Waals surface area contributed by atoms with Crippen LogP contribution in [0.3, 0.4) is 0 Å². The molecule has 0 bridgehead atoms. The van der Waals surface area contributed by atoms with Gasteiger partial charge in [0.05, 0.1) is 11.6 Å². The summed E-state index contributed by atoms with van der Waals surface area (Å²) in [6.07, 6.45) is 1.16. The van der Waals surface area contributed by atoms with Crippen molar-refractivity contribution in [2.75, 3.05) is 19.7 Å². The van der Waals surface area contributed by atoms with E-state index in [-0.39, 0.29) is 0 Å². The van der Waals surface area contributed by atoms with Gasteiger partial charge in [-0.05, 0) is 6.92 Å². The van der Waals surface area contributed by atoms with Crippen molar-refractivity contribution in [3.63, 3.8) is 0 Å². The summed E-state index contributed by atoms with van der Waals surface area (Å²) in [5.41, 5.74) is 0. The summed E-state index contributed by atoms with van der Waals surface area (Å²) in [6.45, 7) is 4.44. The van der Waals surface area contributed by atoms with Crippen LogP contribution in [0.2, 0.25) is 0 Å². The molecule has 2 rings (SSSR count). The smallest absolute Gasteiger partial charge is 0.334 e. The van der Waals surface area contributed by atoms with Gasteiger partial charge in [0.2, 0.25) is 0 Å². The number of carbonyl (C=O) groups is 1. The van der Waals surface area contributed by atoms with Crippen LogP contribution < -0.4 is 0 Å². The Morgan fingerprint density at radius 3 is 3.25 bits per heavy atom. The molecular weight excluding hydrogens is 228 g/mol. The highest BCUT2D eigenvalue weighted by molar-refractivity contribution is 7.11. The lowest BCUT2D eigenvalue weighted by Crippen LogP contribution is -2.45. The van der Waals surface area contributed by atoms with E-state index in [1.54, 1.807) is 11.3 Å². The maximum atomic E-state index is 10.8. The van der Waals surface area contributed by atoms with Gasteiger partial charge in [-0.1, -0.05) is 0 Å². The van der Waals surface area contributed by atoms with E-state index in [1.807, 2.05) is 13.1 Å². The van der Waals surface area contributed by atoms with Crippen LogP contribution in [0.15, 0.2) is 6.20 Å².